The normalized spacial score (nSPS) is 11.3. The molecule has 0 aliphatic carbocycles. The molecule has 0 aliphatic rings. The highest BCUT2D eigenvalue weighted by molar-refractivity contribution is 6.09. The molecule has 0 unspecified atom stereocenters. The minimum absolute atomic E-state index is 0.00597. The molecule has 0 saturated carbocycles. The Morgan fingerprint density at radius 3 is 2.18 bits per heavy atom. The highest BCUT2D eigenvalue weighted by atomic mass is 16.5. The van der Waals surface area contributed by atoms with Crippen LogP contribution in [0.5, 0.6) is 5.75 Å². The molecule has 0 saturated heterocycles. The lowest BCUT2D eigenvalue weighted by Gasteiger charge is -2.23. The molecule has 0 radical (unpaired) electrons. The summed E-state index contributed by atoms with van der Waals surface area (Å²) in [6, 6.07) is 12.6. The summed E-state index contributed by atoms with van der Waals surface area (Å²) in [4.78, 5) is 12.6. The molecule has 0 aromatic heterocycles. The molecular weight excluding hydrogens is 274 g/mol. The molecule has 3 heteroatoms. The van der Waals surface area contributed by atoms with Gasteiger partial charge in [-0.1, -0.05) is 20.8 Å². The monoisotopic (exact) mass is 297 g/mol. The third kappa shape index (κ3) is 3.48. The Morgan fingerprint density at radius 2 is 1.64 bits per heavy atom. The number of benzene rings is 2. The quantitative estimate of drug-likeness (QED) is 0.680. The maximum absolute atomic E-state index is 12.6. The van der Waals surface area contributed by atoms with Crippen molar-refractivity contribution in [3.05, 3.63) is 59.2 Å². The number of hydrogen-bond acceptors (Lipinski definition) is 3. The molecule has 116 valence electrons. The van der Waals surface area contributed by atoms with Gasteiger partial charge in [0.2, 0.25) is 0 Å². The molecule has 0 atom stereocenters. The van der Waals surface area contributed by atoms with Crippen LogP contribution in [-0.2, 0) is 5.41 Å². The Hall–Kier alpha value is -2.29. The molecule has 2 N–H and O–H groups in total. The van der Waals surface area contributed by atoms with Crippen LogP contribution in [0.25, 0.3) is 0 Å². The van der Waals surface area contributed by atoms with Crippen LogP contribution in [0.4, 0.5) is 5.69 Å². The molecule has 0 aliphatic heterocycles. The van der Waals surface area contributed by atoms with E-state index in [0.29, 0.717) is 23.4 Å². The van der Waals surface area contributed by atoms with E-state index in [0.717, 1.165) is 11.3 Å². The summed E-state index contributed by atoms with van der Waals surface area (Å²) in [6.45, 7) is 8.90. The van der Waals surface area contributed by atoms with Gasteiger partial charge in [0.05, 0.1) is 6.61 Å². The predicted octanol–water partition coefficient (Wildman–Crippen LogP) is 4.20. The van der Waals surface area contributed by atoms with Crippen LogP contribution in [0.1, 0.15) is 49.2 Å². The Morgan fingerprint density at radius 1 is 1.05 bits per heavy atom. The van der Waals surface area contributed by atoms with Crippen molar-refractivity contribution >= 4 is 11.5 Å². The molecule has 0 heterocycles. The number of ether oxygens (including phenoxy) is 1. The van der Waals surface area contributed by atoms with Gasteiger partial charge in [-0.15, -0.1) is 0 Å². The highest BCUT2D eigenvalue weighted by Crippen LogP contribution is 2.32. The minimum atomic E-state index is -0.0953. The fourth-order valence-electron chi connectivity index (χ4n) is 2.34. The summed E-state index contributed by atoms with van der Waals surface area (Å²) in [5.41, 5.74) is 8.57. The van der Waals surface area contributed by atoms with Gasteiger partial charge in [-0.2, -0.15) is 0 Å². The lowest BCUT2D eigenvalue weighted by atomic mass is 9.84. The van der Waals surface area contributed by atoms with Crippen LogP contribution in [0.3, 0.4) is 0 Å². The number of rotatable bonds is 4. The van der Waals surface area contributed by atoms with Crippen molar-refractivity contribution in [2.75, 3.05) is 12.3 Å². The van der Waals surface area contributed by atoms with Gasteiger partial charge in [0.15, 0.2) is 5.78 Å². The first-order valence-electron chi connectivity index (χ1n) is 7.50. The number of carbonyl (C=O) groups is 1. The predicted molar refractivity (Wildman–Crippen MR) is 90.6 cm³/mol. The summed E-state index contributed by atoms with van der Waals surface area (Å²) in [5, 5.41) is 0. The Kier molecular flexibility index (Phi) is 4.55. The van der Waals surface area contributed by atoms with E-state index < -0.39 is 0 Å². The maximum atomic E-state index is 12.6. The molecule has 2 aromatic carbocycles. The number of nitrogens with two attached hydrogens (primary N) is 1. The second-order valence-electron chi connectivity index (χ2n) is 6.35. The van der Waals surface area contributed by atoms with Gasteiger partial charge in [-0.05, 0) is 54.8 Å². The smallest absolute Gasteiger partial charge is 0.193 e. The molecule has 0 amide bonds. The van der Waals surface area contributed by atoms with Gasteiger partial charge in [0.25, 0.3) is 0 Å². The lowest BCUT2D eigenvalue weighted by Crippen LogP contribution is -2.15. The summed E-state index contributed by atoms with van der Waals surface area (Å²) < 4.78 is 5.69. The molecule has 0 spiro atoms. The molecule has 0 bridgehead atoms. The van der Waals surface area contributed by atoms with E-state index in [1.807, 2.05) is 25.1 Å². The zero-order valence-electron chi connectivity index (χ0n) is 13.6. The van der Waals surface area contributed by atoms with Crippen LogP contribution < -0.4 is 10.5 Å². The first kappa shape index (κ1) is 16.1. The van der Waals surface area contributed by atoms with Crippen LogP contribution >= 0.6 is 0 Å². The Balaban J connectivity index is 2.43. The maximum Gasteiger partial charge on any atom is 0.193 e. The second-order valence-corrected chi connectivity index (χ2v) is 6.35. The van der Waals surface area contributed by atoms with E-state index in [1.165, 1.54) is 0 Å². The van der Waals surface area contributed by atoms with Gasteiger partial charge >= 0.3 is 0 Å². The Bertz CT molecular complexity index is 667. The number of hydrogen-bond donors (Lipinski definition) is 1. The largest absolute Gasteiger partial charge is 0.494 e. The van der Waals surface area contributed by atoms with E-state index in [1.54, 1.807) is 24.3 Å². The highest BCUT2D eigenvalue weighted by Gasteiger charge is 2.21. The van der Waals surface area contributed by atoms with Crippen molar-refractivity contribution in [3.8, 4) is 5.75 Å². The summed E-state index contributed by atoms with van der Waals surface area (Å²) in [7, 11) is 0. The molecule has 2 rings (SSSR count). The second kappa shape index (κ2) is 6.22. The third-order valence-corrected chi connectivity index (χ3v) is 3.52. The van der Waals surface area contributed by atoms with Gasteiger partial charge in [-0.25, -0.2) is 0 Å². The van der Waals surface area contributed by atoms with Crippen molar-refractivity contribution in [2.45, 2.75) is 33.1 Å². The summed E-state index contributed by atoms with van der Waals surface area (Å²) >= 11 is 0. The molecular formula is C19H23NO2. The number of carbonyl (C=O) groups excluding carboxylic acids is 1. The Labute approximate surface area is 132 Å². The third-order valence-electron chi connectivity index (χ3n) is 3.52. The van der Waals surface area contributed by atoms with E-state index in [-0.39, 0.29) is 11.2 Å². The SMILES string of the molecule is CCOc1ccc(C(=O)c2ccc(N)cc2)cc1C(C)(C)C. The zero-order chi connectivity index (χ0) is 16.3. The minimum Gasteiger partial charge on any atom is -0.494 e. The first-order chi connectivity index (χ1) is 10.3. The average molecular weight is 297 g/mol. The van der Waals surface area contributed by atoms with Crippen molar-refractivity contribution in [1.82, 2.24) is 0 Å². The van der Waals surface area contributed by atoms with E-state index in [2.05, 4.69) is 20.8 Å². The van der Waals surface area contributed by atoms with Gasteiger partial charge < -0.3 is 10.5 Å². The van der Waals surface area contributed by atoms with Crippen LogP contribution in [0, 0.1) is 0 Å². The molecule has 3 nitrogen and oxygen atoms in total. The molecule has 2 aromatic rings. The van der Waals surface area contributed by atoms with E-state index >= 15 is 0 Å². The van der Waals surface area contributed by atoms with Crippen molar-refractivity contribution in [1.29, 1.82) is 0 Å². The van der Waals surface area contributed by atoms with Crippen LogP contribution in [0.15, 0.2) is 42.5 Å². The number of anilines is 1. The van der Waals surface area contributed by atoms with Gasteiger partial charge in [-0.3, -0.25) is 4.79 Å². The van der Waals surface area contributed by atoms with E-state index in [9.17, 15) is 4.79 Å². The lowest BCUT2D eigenvalue weighted by molar-refractivity contribution is 0.103. The van der Waals surface area contributed by atoms with Gasteiger partial charge in [0.1, 0.15) is 5.75 Å². The van der Waals surface area contributed by atoms with Crippen LogP contribution in [0.2, 0.25) is 0 Å². The number of ketones is 1. The van der Waals surface area contributed by atoms with Gasteiger partial charge in [0, 0.05) is 22.4 Å². The topological polar surface area (TPSA) is 52.3 Å². The number of nitrogen functional groups attached to an aromatic ring is 1. The zero-order valence-corrected chi connectivity index (χ0v) is 13.6. The van der Waals surface area contributed by atoms with Crippen molar-refractivity contribution in [2.24, 2.45) is 0 Å². The summed E-state index contributed by atoms with van der Waals surface area (Å²) in [6.07, 6.45) is 0. The van der Waals surface area contributed by atoms with Crippen molar-refractivity contribution in [3.63, 3.8) is 0 Å². The standard InChI is InChI=1S/C19H23NO2/c1-5-22-17-11-8-14(12-16(17)19(2,3)4)18(21)13-6-9-15(20)10-7-13/h6-12H,5,20H2,1-4H3. The summed E-state index contributed by atoms with van der Waals surface area (Å²) in [5.74, 6) is 0.831. The van der Waals surface area contributed by atoms with Crippen molar-refractivity contribution < 1.29 is 9.53 Å². The fraction of sp³-hybridized carbons (Fsp3) is 0.316. The molecule has 0 fully saturated rings. The van der Waals surface area contributed by atoms with E-state index in [4.69, 9.17) is 10.5 Å². The molecule has 22 heavy (non-hydrogen) atoms. The first-order valence-corrected chi connectivity index (χ1v) is 7.50. The fourth-order valence-corrected chi connectivity index (χ4v) is 2.34. The average Bonchev–Trinajstić information content (AvgIpc) is 2.47. The van der Waals surface area contributed by atoms with Crippen LogP contribution in [-0.4, -0.2) is 12.4 Å².